The van der Waals surface area contributed by atoms with Gasteiger partial charge in [-0.3, -0.25) is 4.79 Å². The van der Waals surface area contributed by atoms with Gasteiger partial charge in [-0.05, 0) is 13.8 Å². The molecule has 2 N–H and O–H groups in total. The summed E-state index contributed by atoms with van der Waals surface area (Å²) < 4.78 is 5.77. The van der Waals surface area contributed by atoms with Gasteiger partial charge in [-0.25, -0.2) is 9.97 Å². The molecule has 9 heteroatoms. The summed E-state index contributed by atoms with van der Waals surface area (Å²) in [5, 5.41) is 0.0817. The van der Waals surface area contributed by atoms with Crippen molar-refractivity contribution in [3.63, 3.8) is 0 Å². The second kappa shape index (κ2) is 12.4. The van der Waals surface area contributed by atoms with Crippen LogP contribution in [0.25, 0.3) is 0 Å². The molecule has 6 nitrogen and oxygen atoms in total. The van der Waals surface area contributed by atoms with Crippen molar-refractivity contribution in [3.8, 4) is 0 Å². The van der Waals surface area contributed by atoms with Crippen LogP contribution in [0.5, 0.6) is 0 Å². The zero-order chi connectivity index (χ0) is 22.1. The number of carbonyl (C=O) groups is 1. The standard InChI is InChI=1S/C20H32N4O2S3/c1-12(2)15(6)26-9-8-18(29-28-13(3)4)14(5)24(20(25)27)11-17-10-22-16(7)23-19(17)21/h10,12-13H,6,8-9,11H2,1-5,7H3,(H,25,27)(H2,21,22,23)/b18-14+. The van der Waals surface area contributed by atoms with Gasteiger partial charge in [0.25, 0.3) is 5.24 Å². The zero-order valence-electron chi connectivity index (χ0n) is 18.1. The first-order valence-electron chi connectivity index (χ1n) is 9.46. The van der Waals surface area contributed by atoms with Crippen LogP contribution in [-0.2, 0) is 11.3 Å². The van der Waals surface area contributed by atoms with Gasteiger partial charge in [0.2, 0.25) is 0 Å². The zero-order valence-corrected chi connectivity index (χ0v) is 20.6. The number of aromatic nitrogens is 2. The van der Waals surface area contributed by atoms with Gasteiger partial charge in [0, 0.05) is 40.0 Å². The van der Waals surface area contributed by atoms with Crippen LogP contribution in [0, 0.1) is 12.8 Å². The van der Waals surface area contributed by atoms with E-state index in [1.807, 2.05) is 20.8 Å². The Morgan fingerprint density at radius 1 is 1.38 bits per heavy atom. The first-order chi connectivity index (χ1) is 13.5. The molecule has 1 aromatic heterocycles. The smallest absolute Gasteiger partial charge is 0.283 e. The van der Waals surface area contributed by atoms with Gasteiger partial charge < -0.3 is 15.4 Å². The van der Waals surface area contributed by atoms with Crippen molar-refractivity contribution in [2.24, 2.45) is 5.92 Å². The highest BCUT2D eigenvalue weighted by atomic mass is 33.1. The van der Waals surface area contributed by atoms with Crippen LogP contribution in [0.2, 0.25) is 0 Å². The topological polar surface area (TPSA) is 81.3 Å². The van der Waals surface area contributed by atoms with E-state index in [0.29, 0.717) is 35.5 Å². The minimum absolute atomic E-state index is 0.260. The number of carbonyl (C=O) groups excluding carboxylic acids is 1. The molecule has 0 aromatic carbocycles. The van der Waals surface area contributed by atoms with E-state index in [2.05, 4.69) is 43.0 Å². The van der Waals surface area contributed by atoms with Crippen molar-refractivity contribution in [3.05, 3.63) is 40.5 Å². The van der Waals surface area contributed by atoms with Crippen LogP contribution in [0.3, 0.4) is 0 Å². The van der Waals surface area contributed by atoms with Crippen molar-refractivity contribution >= 4 is 45.3 Å². The minimum Gasteiger partial charge on any atom is -0.498 e. The lowest BCUT2D eigenvalue weighted by Gasteiger charge is -2.25. The molecule has 0 radical (unpaired) electrons. The Morgan fingerprint density at radius 2 is 2.03 bits per heavy atom. The van der Waals surface area contributed by atoms with E-state index >= 15 is 0 Å². The lowest BCUT2D eigenvalue weighted by molar-refractivity contribution is 0.190. The predicted molar refractivity (Wildman–Crippen MR) is 129 cm³/mol. The molecule has 0 aliphatic heterocycles. The van der Waals surface area contributed by atoms with Crippen LogP contribution in [0.1, 0.15) is 52.4 Å². The molecule has 0 saturated heterocycles. The molecular formula is C20H32N4O2S3. The maximum Gasteiger partial charge on any atom is 0.283 e. The number of allylic oxidation sites excluding steroid dienone is 2. The molecule has 0 saturated carbocycles. The Bertz CT molecular complexity index is 751. The van der Waals surface area contributed by atoms with Crippen molar-refractivity contribution in [2.45, 2.75) is 59.8 Å². The lowest BCUT2D eigenvalue weighted by atomic mass is 10.2. The molecule has 0 aliphatic carbocycles. The third-order valence-corrected chi connectivity index (χ3v) is 7.46. The van der Waals surface area contributed by atoms with E-state index in [1.54, 1.807) is 39.6 Å². The molecule has 1 aromatic rings. The number of rotatable bonds is 11. The van der Waals surface area contributed by atoms with E-state index in [-0.39, 0.29) is 17.7 Å². The van der Waals surface area contributed by atoms with Gasteiger partial charge in [0.1, 0.15) is 11.6 Å². The lowest BCUT2D eigenvalue weighted by Crippen LogP contribution is -2.26. The summed E-state index contributed by atoms with van der Waals surface area (Å²) in [5.41, 5.74) is 7.52. The average molecular weight is 457 g/mol. The quantitative estimate of drug-likeness (QED) is 0.247. The van der Waals surface area contributed by atoms with E-state index < -0.39 is 0 Å². The Labute approximate surface area is 188 Å². The normalized spacial score (nSPS) is 12.2. The molecule has 1 amide bonds. The first-order valence-corrected chi connectivity index (χ1v) is 12.1. The fourth-order valence-electron chi connectivity index (χ4n) is 2.16. The van der Waals surface area contributed by atoms with Gasteiger partial charge in [-0.15, -0.1) is 0 Å². The maximum atomic E-state index is 12.3. The highest BCUT2D eigenvalue weighted by Crippen LogP contribution is 2.38. The third kappa shape index (κ3) is 8.92. The molecule has 0 atom stereocenters. The van der Waals surface area contributed by atoms with Crippen LogP contribution >= 0.6 is 34.2 Å². The number of hydrogen-bond donors (Lipinski definition) is 2. The number of nitrogen functional groups attached to an aromatic ring is 1. The molecule has 0 bridgehead atoms. The fourth-order valence-corrected chi connectivity index (χ4v) is 4.63. The van der Waals surface area contributed by atoms with Crippen LogP contribution in [-0.4, -0.2) is 32.0 Å². The third-order valence-electron chi connectivity index (χ3n) is 3.99. The van der Waals surface area contributed by atoms with Gasteiger partial charge in [-0.1, -0.05) is 68.5 Å². The number of hydrogen-bond acceptors (Lipinski definition) is 7. The molecule has 0 unspecified atom stereocenters. The van der Waals surface area contributed by atoms with Gasteiger partial charge >= 0.3 is 0 Å². The average Bonchev–Trinajstić information content (AvgIpc) is 2.62. The van der Waals surface area contributed by atoms with Crippen molar-refractivity contribution in [1.82, 2.24) is 14.9 Å². The van der Waals surface area contributed by atoms with E-state index in [4.69, 9.17) is 10.5 Å². The summed E-state index contributed by atoms with van der Waals surface area (Å²) in [4.78, 5) is 23.3. The fraction of sp³-hybridized carbons (Fsp3) is 0.550. The van der Waals surface area contributed by atoms with E-state index in [9.17, 15) is 4.79 Å². The Hall–Kier alpha value is -1.32. The number of aryl methyl sites for hydroxylation is 1. The summed E-state index contributed by atoms with van der Waals surface area (Å²) in [6.07, 6.45) is 2.32. The summed E-state index contributed by atoms with van der Waals surface area (Å²) in [6, 6.07) is 0. The summed E-state index contributed by atoms with van der Waals surface area (Å²) in [6.45, 7) is 16.8. The summed E-state index contributed by atoms with van der Waals surface area (Å²) >= 11 is 4.08. The van der Waals surface area contributed by atoms with Crippen molar-refractivity contribution in [2.75, 3.05) is 12.3 Å². The predicted octanol–water partition coefficient (Wildman–Crippen LogP) is 5.82. The van der Waals surface area contributed by atoms with Crippen molar-refractivity contribution < 1.29 is 9.53 Å². The molecule has 0 spiro atoms. The summed E-state index contributed by atoms with van der Waals surface area (Å²) in [7, 11) is 3.40. The second-order valence-corrected chi connectivity index (χ2v) is 10.4. The SMILES string of the molecule is C=C(OCC/C(SSC(C)C)=C(/C)N(Cc1cnc(C)nc1N)C(=O)S)C(C)C. The second-order valence-electron chi connectivity index (χ2n) is 7.15. The molecule has 1 heterocycles. The van der Waals surface area contributed by atoms with Gasteiger partial charge in [-0.2, -0.15) is 0 Å². The molecule has 0 fully saturated rings. The maximum absolute atomic E-state index is 12.3. The van der Waals surface area contributed by atoms with E-state index in [1.165, 1.54) is 0 Å². The highest BCUT2D eigenvalue weighted by Gasteiger charge is 2.19. The summed E-state index contributed by atoms with van der Waals surface area (Å²) in [5.74, 6) is 1.98. The number of thiol groups is 1. The number of amides is 1. The minimum atomic E-state index is -0.359. The van der Waals surface area contributed by atoms with Gasteiger partial charge in [0.15, 0.2) is 0 Å². The number of ether oxygens (including phenoxy) is 1. The Balaban J connectivity index is 3.08. The number of anilines is 1. The van der Waals surface area contributed by atoms with Crippen LogP contribution in [0.15, 0.2) is 29.1 Å². The molecule has 0 aliphatic rings. The van der Waals surface area contributed by atoms with E-state index in [0.717, 1.165) is 16.4 Å². The largest absolute Gasteiger partial charge is 0.498 e. The first kappa shape index (κ1) is 25.7. The molecule has 1 rings (SSSR count). The Morgan fingerprint density at radius 3 is 2.55 bits per heavy atom. The molecule has 29 heavy (non-hydrogen) atoms. The molecular weight excluding hydrogens is 424 g/mol. The monoisotopic (exact) mass is 456 g/mol. The Kier molecular flexibility index (Phi) is 11.0. The highest BCUT2D eigenvalue weighted by molar-refractivity contribution is 8.78. The molecule has 162 valence electrons. The van der Waals surface area contributed by atoms with Gasteiger partial charge in [0.05, 0.1) is 18.9 Å². The van der Waals surface area contributed by atoms with Crippen LogP contribution in [0.4, 0.5) is 10.6 Å². The number of nitrogens with zero attached hydrogens (tertiary/aromatic N) is 3. The van der Waals surface area contributed by atoms with Crippen molar-refractivity contribution in [1.29, 1.82) is 0 Å². The van der Waals surface area contributed by atoms with Crippen LogP contribution < -0.4 is 5.73 Å². The number of nitrogens with two attached hydrogens (primary N) is 1.